The molecular weight excluding hydrogens is 327 g/mol. The number of hydrogen-bond donors (Lipinski definition) is 0. The largest absolute Gasteiger partial charge is 0.334 e. The first kappa shape index (κ1) is 14.3. The lowest BCUT2D eigenvalue weighted by atomic mass is 10.3. The Morgan fingerprint density at radius 1 is 0.857 bits per heavy atom. The van der Waals surface area contributed by atoms with E-state index in [0.29, 0.717) is 27.3 Å². The van der Waals surface area contributed by atoms with Gasteiger partial charge >= 0.3 is 6.03 Å². The SMILES string of the molecule is O=C1N(c2ccc(Cl)cc2)CC(=S)N1c1ccc(Cl)cc1. The molecule has 1 fully saturated rings. The van der Waals surface area contributed by atoms with Gasteiger partial charge in [-0.05, 0) is 48.5 Å². The summed E-state index contributed by atoms with van der Waals surface area (Å²) < 4.78 is 0. The summed E-state index contributed by atoms with van der Waals surface area (Å²) in [6.07, 6.45) is 0. The summed E-state index contributed by atoms with van der Waals surface area (Å²) in [5, 5.41) is 1.24. The molecule has 1 saturated heterocycles. The van der Waals surface area contributed by atoms with E-state index in [2.05, 4.69) is 0 Å². The van der Waals surface area contributed by atoms with E-state index in [1.54, 1.807) is 53.4 Å². The van der Waals surface area contributed by atoms with Crippen LogP contribution in [0.4, 0.5) is 16.2 Å². The predicted molar refractivity (Wildman–Crippen MR) is 90.7 cm³/mol. The molecule has 2 aromatic rings. The molecule has 0 radical (unpaired) electrons. The van der Waals surface area contributed by atoms with Gasteiger partial charge in [-0.25, -0.2) is 4.79 Å². The fraction of sp³-hybridized carbons (Fsp3) is 0.0667. The van der Waals surface area contributed by atoms with Crippen molar-refractivity contribution >= 4 is 57.8 Å². The van der Waals surface area contributed by atoms with Crippen LogP contribution in [0.3, 0.4) is 0 Å². The number of urea groups is 1. The lowest BCUT2D eigenvalue weighted by Gasteiger charge is -2.18. The van der Waals surface area contributed by atoms with Crippen LogP contribution in [0.5, 0.6) is 0 Å². The third kappa shape index (κ3) is 2.75. The van der Waals surface area contributed by atoms with Crippen LogP contribution in [0.2, 0.25) is 10.0 Å². The monoisotopic (exact) mass is 336 g/mol. The maximum absolute atomic E-state index is 12.6. The third-order valence-corrected chi connectivity index (χ3v) is 4.00. The van der Waals surface area contributed by atoms with Crippen LogP contribution in [0.15, 0.2) is 48.5 Å². The maximum Gasteiger partial charge on any atom is 0.334 e. The summed E-state index contributed by atoms with van der Waals surface area (Å²) in [6, 6.07) is 13.9. The average molecular weight is 337 g/mol. The van der Waals surface area contributed by atoms with E-state index in [-0.39, 0.29) is 6.03 Å². The molecule has 0 N–H and O–H groups in total. The first-order valence-corrected chi connectivity index (χ1v) is 7.38. The Morgan fingerprint density at radius 3 is 1.86 bits per heavy atom. The van der Waals surface area contributed by atoms with Crippen molar-refractivity contribution < 1.29 is 4.79 Å². The van der Waals surface area contributed by atoms with Gasteiger partial charge in [0, 0.05) is 15.7 Å². The van der Waals surface area contributed by atoms with Crippen molar-refractivity contribution in [2.24, 2.45) is 0 Å². The van der Waals surface area contributed by atoms with Crippen LogP contribution in [0.1, 0.15) is 0 Å². The molecule has 1 aliphatic rings. The molecule has 21 heavy (non-hydrogen) atoms. The van der Waals surface area contributed by atoms with Crippen molar-refractivity contribution in [2.45, 2.75) is 0 Å². The number of anilines is 2. The van der Waals surface area contributed by atoms with Gasteiger partial charge in [-0.3, -0.25) is 9.80 Å². The molecule has 0 atom stereocenters. The van der Waals surface area contributed by atoms with Gasteiger partial charge in [0.05, 0.1) is 12.2 Å². The number of amides is 2. The highest BCUT2D eigenvalue weighted by molar-refractivity contribution is 7.80. The number of halogens is 2. The molecular formula is C15H10Cl2N2OS. The van der Waals surface area contributed by atoms with Crippen LogP contribution < -0.4 is 9.80 Å². The average Bonchev–Trinajstić information content (AvgIpc) is 2.76. The van der Waals surface area contributed by atoms with E-state index in [9.17, 15) is 4.79 Å². The first-order valence-electron chi connectivity index (χ1n) is 6.22. The number of nitrogens with zero attached hydrogens (tertiary/aromatic N) is 2. The van der Waals surface area contributed by atoms with Gasteiger partial charge in [0.2, 0.25) is 0 Å². The van der Waals surface area contributed by atoms with E-state index in [0.717, 1.165) is 5.69 Å². The summed E-state index contributed by atoms with van der Waals surface area (Å²) in [6.45, 7) is 0.373. The van der Waals surface area contributed by atoms with Crippen molar-refractivity contribution in [3.8, 4) is 0 Å². The molecule has 1 heterocycles. The summed E-state index contributed by atoms with van der Waals surface area (Å²) >= 11 is 17.1. The first-order chi connectivity index (χ1) is 10.1. The highest BCUT2D eigenvalue weighted by Crippen LogP contribution is 2.28. The van der Waals surface area contributed by atoms with Gasteiger partial charge in [-0.1, -0.05) is 35.4 Å². The third-order valence-electron chi connectivity index (χ3n) is 3.19. The molecule has 2 aromatic carbocycles. The fourth-order valence-corrected chi connectivity index (χ4v) is 2.73. The molecule has 0 saturated carbocycles. The molecule has 0 aliphatic carbocycles. The second kappa shape index (κ2) is 5.64. The number of benzene rings is 2. The van der Waals surface area contributed by atoms with Gasteiger partial charge in [0.15, 0.2) is 0 Å². The molecule has 6 heteroatoms. The Kier molecular flexibility index (Phi) is 3.85. The zero-order valence-electron chi connectivity index (χ0n) is 10.8. The van der Waals surface area contributed by atoms with Crippen molar-refractivity contribution in [1.82, 2.24) is 0 Å². The summed E-state index contributed by atoms with van der Waals surface area (Å²) in [4.78, 5) is 16.3. The van der Waals surface area contributed by atoms with E-state index in [4.69, 9.17) is 35.4 Å². The zero-order valence-corrected chi connectivity index (χ0v) is 13.1. The minimum atomic E-state index is -0.176. The second-order valence-corrected chi connectivity index (χ2v) is 5.89. The van der Waals surface area contributed by atoms with E-state index in [1.165, 1.54) is 4.90 Å². The molecule has 2 amide bonds. The molecule has 0 unspecified atom stereocenters. The van der Waals surface area contributed by atoms with Crippen LogP contribution in [-0.4, -0.2) is 17.6 Å². The highest BCUT2D eigenvalue weighted by Gasteiger charge is 2.35. The Balaban J connectivity index is 1.92. The molecule has 1 aliphatic heterocycles. The predicted octanol–water partition coefficient (Wildman–Crippen LogP) is 4.77. The summed E-state index contributed by atoms with van der Waals surface area (Å²) in [7, 11) is 0. The molecule has 0 bridgehead atoms. The van der Waals surface area contributed by atoms with Crippen LogP contribution in [0, 0.1) is 0 Å². The number of carbonyl (C=O) groups is 1. The number of hydrogen-bond acceptors (Lipinski definition) is 2. The van der Waals surface area contributed by atoms with Crippen LogP contribution in [0.25, 0.3) is 0 Å². The van der Waals surface area contributed by atoms with Crippen molar-refractivity contribution in [1.29, 1.82) is 0 Å². The Labute approximate surface area is 137 Å². The zero-order chi connectivity index (χ0) is 15.0. The van der Waals surface area contributed by atoms with E-state index >= 15 is 0 Å². The van der Waals surface area contributed by atoms with Gasteiger partial charge in [0.1, 0.15) is 4.99 Å². The highest BCUT2D eigenvalue weighted by atomic mass is 35.5. The van der Waals surface area contributed by atoms with Crippen LogP contribution >= 0.6 is 35.4 Å². The Morgan fingerprint density at radius 2 is 1.33 bits per heavy atom. The second-order valence-electron chi connectivity index (χ2n) is 4.55. The maximum atomic E-state index is 12.6. The number of carbonyl (C=O) groups excluding carboxylic acids is 1. The quantitative estimate of drug-likeness (QED) is 0.737. The van der Waals surface area contributed by atoms with Gasteiger partial charge in [-0.15, -0.1) is 0 Å². The molecule has 3 rings (SSSR count). The Bertz CT molecular complexity index is 701. The lowest BCUT2D eigenvalue weighted by Crippen LogP contribution is -2.32. The molecule has 106 valence electrons. The fourth-order valence-electron chi connectivity index (χ4n) is 2.17. The van der Waals surface area contributed by atoms with Crippen molar-refractivity contribution in [2.75, 3.05) is 16.3 Å². The smallest absolute Gasteiger partial charge is 0.287 e. The summed E-state index contributed by atoms with van der Waals surface area (Å²) in [5.74, 6) is 0. The molecule has 0 aromatic heterocycles. The standard InChI is InChI=1S/C15H10Cl2N2OS/c16-10-1-5-12(6-2-10)18-9-14(21)19(15(18)20)13-7-3-11(17)4-8-13/h1-8H,9H2. The van der Waals surface area contributed by atoms with Crippen molar-refractivity contribution in [3.63, 3.8) is 0 Å². The number of thiocarbonyl (C=S) groups is 1. The van der Waals surface area contributed by atoms with E-state index in [1.807, 2.05) is 0 Å². The van der Waals surface area contributed by atoms with Crippen molar-refractivity contribution in [3.05, 3.63) is 58.6 Å². The molecule has 3 nitrogen and oxygen atoms in total. The Hall–Kier alpha value is -1.62. The lowest BCUT2D eigenvalue weighted by molar-refractivity contribution is 0.256. The minimum Gasteiger partial charge on any atom is -0.287 e. The van der Waals surface area contributed by atoms with Gasteiger partial charge < -0.3 is 0 Å². The molecule has 0 spiro atoms. The number of rotatable bonds is 2. The van der Waals surface area contributed by atoms with E-state index < -0.39 is 0 Å². The minimum absolute atomic E-state index is 0.176. The topological polar surface area (TPSA) is 23.6 Å². The normalized spacial score (nSPS) is 15.0. The van der Waals surface area contributed by atoms with Gasteiger partial charge in [-0.2, -0.15) is 0 Å². The van der Waals surface area contributed by atoms with Crippen LogP contribution in [-0.2, 0) is 0 Å². The summed E-state index contributed by atoms with van der Waals surface area (Å²) in [5.41, 5.74) is 1.48. The van der Waals surface area contributed by atoms with Gasteiger partial charge in [0.25, 0.3) is 0 Å².